The summed E-state index contributed by atoms with van der Waals surface area (Å²) >= 11 is 0. The summed E-state index contributed by atoms with van der Waals surface area (Å²) in [4.78, 5) is 10.5. The minimum Gasteiger partial charge on any atom is -0.303 e. The molecule has 0 heterocycles. The fourth-order valence-corrected chi connectivity index (χ4v) is 1.64. The van der Waals surface area contributed by atoms with E-state index in [-0.39, 0.29) is 5.92 Å². The van der Waals surface area contributed by atoms with E-state index in [1.807, 2.05) is 6.92 Å². The Labute approximate surface area is 92.5 Å². The maximum atomic E-state index is 10.5. The minimum atomic E-state index is 0.131. The highest BCUT2D eigenvalue weighted by Gasteiger charge is 2.01. The molecule has 1 unspecified atom stereocenters. The summed E-state index contributed by atoms with van der Waals surface area (Å²) in [5, 5.41) is 0. The van der Waals surface area contributed by atoms with Crippen LogP contribution in [-0.4, -0.2) is 6.29 Å². The number of aldehydes is 1. The molecule has 1 atom stereocenters. The highest BCUT2D eigenvalue weighted by Crippen LogP contribution is 2.11. The minimum absolute atomic E-state index is 0.131. The van der Waals surface area contributed by atoms with Gasteiger partial charge in [-0.25, -0.2) is 0 Å². The maximum absolute atomic E-state index is 10.5. The normalized spacial score (nSPS) is 12.4. The molecular formula is C14H20O. The third-order valence-corrected chi connectivity index (χ3v) is 2.63. The van der Waals surface area contributed by atoms with Crippen LogP contribution in [0.4, 0.5) is 0 Å². The van der Waals surface area contributed by atoms with E-state index >= 15 is 0 Å². The third kappa shape index (κ3) is 4.28. The Morgan fingerprint density at radius 3 is 2.33 bits per heavy atom. The molecule has 0 saturated heterocycles. The van der Waals surface area contributed by atoms with E-state index in [1.54, 1.807) is 0 Å². The molecule has 1 rings (SSSR count). The Morgan fingerprint density at radius 2 is 1.80 bits per heavy atom. The smallest absolute Gasteiger partial charge is 0.123 e. The zero-order valence-corrected chi connectivity index (χ0v) is 9.70. The second-order valence-electron chi connectivity index (χ2n) is 4.24. The van der Waals surface area contributed by atoms with Gasteiger partial charge in [-0.15, -0.1) is 0 Å². The summed E-state index contributed by atoms with van der Waals surface area (Å²) in [5.41, 5.74) is 2.66. The molecule has 15 heavy (non-hydrogen) atoms. The first-order valence-corrected chi connectivity index (χ1v) is 5.79. The van der Waals surface area contributed by atoms with E-state index < -0.39 is 0 Å². The molecule has 1 nitrogen and oxygen atoms in total. The molecule has 1 aromatic carbocycles. The van der Waals surface area contributed by atoms with Gasteiger partial charge in [-0.3, -0.25) is 0 Å². The molecule has 0 N–H and O–H groups in total. The van der Waals surface area contributed by atoms with Crippen molar-refractivity contribution >= 4 is 6.29 Å². The topological polar surface area (TPSA) is 17.1 Å². The molecule has 0 fully saturated rings. The monoisotopic (exact) mass is 204 g/mol. The first-order valence-electron chi connectivity index (χ1n) is 5.79. The first kappa shape index (κ1) is 12.0. The summed E-state index contributed by atoms with van der Waals surface area (Å²) in [6, 6.07) is 8.65. The number of hydrogen-bond acceptors (Lipinski definition) is 1. The van der Waals surface area contributed by atoms with Crippen LogP contribution < -0.4 is 0 Å². The van der Waals surface area contributed by atoms with E-state index in [0.717, 1.165) is 12.7 Å². The van der Waals surface area contributed by atoms with Crippen LogP contribution in [-0.2, 0) is 17.6 Å². The van der Waals surface area contributed by atoms with Crippen LogP contribution in [0.2, 0.25) is 0 Å². The Morgan fingerprint density at radius 1 is 1.20 bits per heavy atom. The van der Waals surface area contributed by atoms with Gasteiger partial charge < -0.3 is 4.79 Å². The summed E-state index contributed by atoms with van der Waals surface area (Å²) in [5.74, 6) is 0.131. The Bertz CT molecular complexity index is 287. The fraction of sp³-hybridized carbons (Fsp3) is 0.500. The second-order valence-corrected chi connectivity index (χ2v) is 4.24. The van der Waals surface area contributed by atoms with Crippen molar-refractivity contribution in [2.24, 2.45) is 5.92 Å². The number of unbranched alkanes of at least 4 members (excludes halogenated alkanes) is 1. The van der Waals surface area contributed by atoms with E-state index in [9.17, 15) is 4.79 Å². The van der Waals surface area contributed by atoms with Gasteiger partial charge in [-0.1, -0.05) is 44.5 Å². The lowest BCUT2D eigenvalue weighted by atomic mass is 10.00. The summed E-state index contributed by atoms with van der Waals surface area (Å²) in [7, 11) is 0. The first-order chi connectivity index (χ1) is 7.26. The molecule has 0 aliphatic rings. The van der Waals surface area contributed by atoms with Crippen LogP contribution in [0.25, 0.3) is 0 Å². The van der Waals surface area contributed by atoms with Crippen molar-refractivity contribution in [2.45, 2.75) is 39.5 Å². The molecule has 82 valence electrons. The predicted octanol–water partition coefficient (Wildman–Crippen LogP) is 3.41. The number of carbonyl (C=O) groups excluding carboxylic acids is 1. The molecule has 0 aromatic heterocycles. The zero-order chi connectivity index (χ0) is 11.1. The molecule has 0 saturated carbocycles. The summed E-state index contributed by atoms with van der Waals surface area (Å²) < 4.78 is 0. The lowest BCUT2D eigenvalue weighted by molar-refractivity contribution is -0.110. The van der Waals surface area contributed by atoms with Crippen LogP contribution in [0, 0.1) is 5.92 Å². The van der Waals surface area contributed by atoms with E-state index in [1.165, 1.54) is 30.4 Å². The average Bonchev–Trinajstić information content (AvgIpc) is 2.28. The zero-order valence-electron chi connectivity index (χ0n) is 9.70. The van der Waals surface area contributed by atoms with Crippen molar-refractivity contribution in [2.75, 3.05) is 0 Å². The van der Waals surface area contributed by atoms with Crippen LogP contribution in [0.1, 0.15) is 37.8 Å². The van der Waals surface area contributed by atoms with Gasteiger partial charge in [0.2, 0.25) is 0 Å². The van der Waals surface area contributed by atoms with Crippen LogP contribution in [0.3, 0.4) is 0 Å². The number of benzene rings is 1. The van der Waals surface area contributed by atoms with Crippen molar-refractivity contribution in [3.63, 3.8) is 0 Å². The number of aryl methyl sites for hydroxylation is 1. The van der Waals surface area contributed by atoms with E-state index in [0.29, 0.717) is 0 Å². The maximum Gasteiger partial charge on any atom is 0.123 e. The van der Waals surface area contributed by atoms with E-state index in [4.69, 9.17) is 0 Å². The van der Waals surface area contributed by atoms with Crippen molar-refractivity contribution in [1.82, 2.24) is 0 Å². The number of rotatable bonds is 6. The number of hydrogen-bond donors (Lipinski definition) is 0. The molecule has 0 spiro atoms. The van der Waals surface area contributed by atoms with Crippen molar-refractivity contribution in [3.8, 4) is 0 Å². The highest BCUT2D eigenvalue weighted by molar-refractivity contribution is 5.53. The quantitative estimate of drug-likeness (QED) is 0.649. The number of carbonyl (C=O) groups is 1. The summed E-state index contributed by atoms with van der Waals surface area (Å²) in [6.07, 6.45) is 5.54. The Balaban J connectivity index is 2.52. The van der Waals surface area contributed by atoms with Gasteiger partial charge in [0.05, 0.1) is 0 Å². The van der Waals surface area contributed by atoms with E-state index in [2.05, 4.69) is 31.2 Å². The van der Waals surface area contributed by atoms with Gasteiger partial charge >= 0.3 is 0 Å². The third-order valence-electron chi connectivity index (χ3n) is 2.63. The van der Waals surface area contributed by atoms with Crippen molar-refractivity contribution in [1.29, 1.82) is 0 Å². The van der Waals surface area contributed by atoms with Crippen molar-refractivity contribution < 1.29 is 4.79 Å². The lowest BCUT2D eigenvalue weighted by Gasteiger charge is -2.05. The Kier molecular flexibility index (Phi) is 5.09. The molecular weight excluding hydrogens is 184 g/mol. The predicted molar refractivity (Wildman–Crippen MR) is 64.0 cm³/mol. The molecule has 0 aliphatic carbocycles. The van der Waals surface area contributed by atoms with Gasteiger partial charge in [0.15, 0.2) is 0 Å². The SMILES string of the molecule is CCCCc1ccc(CC(C)C=O)cc1. The van der Waals surface area contributed by atoms with Crippen molar-refractivity contribution in [3.05, 3.63) is 35.4 Å². The van der Waals surface area contributed by atoms with Gasteiger partial charge in [-0.2, -0.15) is 0 Å². The van der Waals surface area contributed by atoms with Crippen LogP contribution in [0.15, 0.2) is 24.3 Å². The Hall–Kier alpha value is -1.11. The molecule has 0 amide bonds. The van der Waals surface area contributed by atoms with Crippen LogP contribution >= 0.6 is 0 Å². The van der Waals surface area contributed by atoms with Crippen LogP contribution in [0.5, 0.6) is 0 Å². The van der Waals surface area contributed by atoms with Gasteiger partial charge in [0.25, 0.3) is 0 Å². The molecule has 1 heteroatoms. The second kappa shape index (κ2) is 6.39. The molecule has 0 radical (unpaired) electrons. The molecule has 0 aliphatic heterocycles. The van der Waals surface area contributed by atoms with Gasteiger partial charge in [0.1, 0.15) is 6.29 Å². The average molecular weight is 204 g/mol. The standard InChI is InChI=1S/C14H20O/c1-3-4-5-13-6-8-14(9-7-13)10-12(2)11-15/h6-9,11-12H,3-5,10H2,1-2H3. The van der Waals surface area contributed by atoms with Gasteiger partial charge in [0, 0.05) is 5.92 Å². The largest absolute Gasteiger partial charge is 0.303 e. The highest BCUT2D eigenvalue weighted by atomic mass is 16.1. The summed E-state index contributed by atoms with van der Waals surface area (Å²) in [6.45, 7) is 4.16. The van der Waals surface area contributed by atoms with Gasteiger partial charge in [-0.05, 0) is 30.4 Å². The lowest BCUT2D eigenvalue weighted by Crippen LogP contribution is -2.00. The molecule has 0 bridgehead atoms. The molecule has 1 aromatic rings. The fourth-order valence-electron chi connectivity index (χ4n) is 1.64.